The van der Waals surface area contributed by atoms with Crippen LogP contribution in [0.1, 0.15) is 70.8 Å². The normalized spacial score (nSPS) is 19.7. The van der Waals surface area contributed by atoms with Crippen molar-refractivity contribution in [3.63, 3.8) is 0 Å². The molecular formula is C47H56FN9O6. The number of nitrogens with one attached hydrogen (secondary N) is 2. The first-order valence-electron chi connectivity index (χ1n) is 22.1. The molecule has 5 amide bonds. The molecule has 2 atom stereocenters. The van der Waals surface area contributed by atoms with Crippen LogP contribution in [0.2, 0.25) is 0 Å². The van der Waals surface area contributed by atoms with E-state index in [0.29, 0.717) is 100 Å². The number of benzene rings is 3. The number of nitrogens with zero attached hydrogens (tertiary/aromatic N) is 6. The minimum atomic E-state index is -0.590. The number of aromatic nitrogens is 2. The Morgan fingerprint density at radius 1 is 0.873 bits per heavy atom. The average Bonchev–Trinajstić information content (AvgIpc) is 3.70. The van der Waals surface area contributed by atoms with E-state index < -0.39 is 11.7 Å². The first-order valence-corrected chi connectivity index (χ1v) is 22.1. The van der Waals surface area contributed by atoms with Gasteiger partial charge in [0.25, 0.3) is 11.8 Å². The summed E-state index contributed by atoms with van der Waals surface area (Å²) in [6, 6.07) is 21.5. The van der Waals surface area contributed by atoms with Crippen LogP contribution in [0, 0.1) is 17.7 Å². The van der Waals surface area contributed by atoms with Gasteiger partial charge in [0.05, 0.1) is 11.6 Å². The van der Waals surface area contributed by atoms with E-state index in [2.05, 4.69) is 20.4 Å². The molecule has 4 aliphatic rings. The Labute approximate surface area is 366 Å². The maximum atomic E-state index is 14.9. The van der Waals surface area contributed by atoms with Crippen LogP contribution in [0.4, 0.5) is 10.2 Å². The van der Waals surface area contributed by atoms with E-state index in [4.69, 9.17) is 15.6 Å². The van der Waals surface area contributed by atoms with Gasteiger partial charge in [-0.25, -0.2) is 9.07 Å². The fraction of sp³-hybridized carbons (Fsp3) is 0.447. The molecule has 3 saturated heterocycles. The van der Waals surface area contributed by atoms with Crippen molar-refractivity contribution < 1.29 is 33.1 Å². The number of likely N-dealkylation sites (N-methyl/N-ethyl adjacent to an activating group) is 1. The summed E-state index contributed by atoms with van der Waals surface area (Å²) in [5, 5.41) is 10.7. The van der Waals surface area contributed by atoms with Gasteiger partial charge in [0, 0.05) is 89.8 Å². The van der Waals surface area contributed by atoms with Gasteiger partial charge < -0.3 is 30.5 Å². The molecule has 332 valence electrons. The minimum absolute atomic E-state index is 0.00143. The molecule has 8 rings (SSSR count). The van der Waals surface area contributed by atoms with Gasteiger partial charge in [-0.15, -0.1) is 0 Å². The van der Waals surface area contributed by atoms with Gasteiger partial charge in [0.2, 0.25) is 17.7 Å². The third-order valence-corrected chi connectivity index (χ3v) is 13.0. The van der Waals surface area contributed by atoms with Crippen molar-refractivity contribution in [2.45, 2.75) is 51.0 Å². The van der Waals surface area contributed by atoms with Gasteiger partial charge >= 0.3 is 0 Å². The fourth-order valence-corrected chi connectivity index (χ4v) is 9.31. The van der Waals surface area contributed by atoms with Crippen molar-refractivity contribution in [3.05, 3.63) is 95.3 Å². The number of imide groups is 1. The summed E-state index contributed by atoms with van der Waals surface area (Å²) in [4.78, 5) is 71.5. The highest BCUT2D eigenvalue weighted by Gasteiger charge is 2.36. The Balaban J connectivity index is 0.772. The number of carbonyl (C=O) groups is 5. The number of nitrogens with two attached hydrogens (primary N) is 1. The number of likely N-dealkylation sites (tertiary alicyclic amines) is 1. The standard InChI is InChI=1S/C47H56FN9O6/c1-53(23-24-54-25-27-56(28-26-54)47(62)37-30-31(7-13-38(37)48)29-34-10-14-40(58)51-46(34)61)20-18-41(59)55-21-16-32(17-22-55)39-15-19-50-45-42(44(49)60)43(52-57(39)45)33-8-11-36(12-9-33)63-35-5-3-2-4-6-35/h2-9,11-13,30,32,34,39,50H,10,14-29H2,1H3,(H2,49,60)(H,51,58,61)/t34?,39-/m0/s1. The first kappa shape index (κ1) is 43.5. The van der Waals surface area contributed by atoms with Crippen LogP contribution in [-0.2, 0) is 20.8 Å². The topological polar surface area (TPSA) is 175 Å². The number of hydrogen-bond acceptors (Lipinski definition) is 10. The average molecular weight is 862 g/mol. The highest BCUT2D eigenvalue weighted by molar-refractivity contribution is 6.04. The molecule has 0 aliphatic carbocycles. The molecule has 0 bridgehead atoms. The maximum absolute atomic E-state index is 14.9. The lowest BCUT2D eigenvalue weighted by atomic mass is 9.86. The Morgan fingerprint density at radius 3 is 2.32 bits per heavy atom. The molecule has 3 aromatic carbocycles. The number of primary amides is 1. The predicted molar refractivity (Wildman–Crippen MR) is 235 cm³/mol. The van der Waals surface area contributed by atoms with Crippen molar-refractivity contribution in [1.29, 1.82) is 0 Å². The molecule has 15 nitrogen and oxygen atoms in total. The van der Waals surface area contributed by atoms with Crippen LogP contribution >= 0.6 is 0 Å². The monoisotopic (exact) mass is 861 g/mol. The molecule has 5 heterocycles. The van der Waals surface area contributed by atoms with Crippen molar-refractivity contribution >= 4 is 35.4 Å². The van der Waals surface area contributed by atoms with Gasteiger partial charge in [-0.2, -0.15) is 5.10 Å². The molecule has 0 saturated carbocycles. The summed E-state index contributed by atoms with van der Waals surface area (Å²) in [5.41, 5.74) is 8.34. The summed E-state index contributed by atoms with van der Waals surface area (Å²) in [6.45, 7) is 6.48. The van der Waals surface area contributed by atoms with E-state index in [0.717, 1.165) is 43.7 Å². The number of amides is 5. The smallest absolute Gasteiger partial charge is 0.256 e. The number of hydrogen-bond donors (Lipinski definition) is 3. The summed E-state index contributed by atoms with van der Waals surface area (Å²) < 4.78 is 22.8. The number of anilines is 1. The number of halogens is 1. The second kappa shape index (κ2) is 19.5. The van der Waals surface area contributed by atoms with E-state index in [9.17, 15) is 28.4 Å². The Bertz CT molecular complexity index is 2310. The zero-order valence-electron chi connectivity index (χ0n) is 35.8. The number of carbonyl (C=O) groups excluding carboxylic acids is 5. The van der Waals surface area contributed by atoms with Gasteiger partial charge in [0.15, 0.2) is 0 Å². The second-order valence-corrected chi connectivity index (χ2v) is 17.2. The molecule has 0 radical (unpaired) electrons. The third kappa shape index (κ3) is 10.2. The lowest BCUT2D eigenvalue weighted by Crippen LogP contribution is -2.50. The summed E-state index contributed by atoms with van der Waals surface area (Å²) >= 11 is 0. The molecule has 1 aromatic heterocycles. The van der Waals surface area contributed by atoms with E-state index >= 15 is 0 Å². The molecular weight excluding hydrogens is 806 g/mol. The van der Waals surface area contributed by atoms with Crippen molar-refractivity contribution in [3.8, 4) is 22.8 Å². The van der Waals surface area contributed by atoms with Crippen molar-refractivity contribution in [1.82, 2.24) is 34.7 Å². The van der Waals surface area contributed by atoms with Crippen LogP contribution < -0.4 is 21.1 Å². The summed E-state index contributed by atoms with van der Waals surface area (Å²) in [5.74, 6) is -0.00510. The molecule has 0 spiro atoms. The molecule has 4 aromatic rings. The van der Waals surface area contributed by atoms with Crippen LogP contribution in [0.25, 0.3) is 11.3 Å². The van der Waals surface area contributed by atoms with Crippen LogP contribution in [0.15, 0.2) is 72.8 Å². The quantitative estimate of drug-likeness (QED) is 0.153. The highest BCUT2D eigenvalue weighted by Crippen LogP contribution is 2.40. The zero-order valence-corrected chi connectivity index (χ0v) is 35.8. The van der Waals surface area contributed by atoms with Gasteiger partial charge in [0.1, 0.15) is 34.4 Å². The lowest BCUT2D eigenvalue weighted by molar-refractivity contribution is -0.136. The maximum Gasteiger partial charge on any atom is 0.256 e. The fourth-order valence-electron chi connectivity index (χ4n) is 9.31. The second-order valence-electron chi connectivity index (χ2n) is 17.2. The Hall–Kier alpha value is -6.13. The zero-order chi connectivity index (χ0) is 44.0. The van der Waals surface area contributed by atoms with Gasteiger partial charge in [-0.1, -0.05) is 24.3 Å². The lowest BCUT2D eigenvalue weighted by Gasteiger charge is -2.38. The SMILES string of the molecule is CN(CCC(=O)N1CCC([C@@H]2CCNc3c(C(N)=O)c(-c4ccc(Oc5ccccc5)cc4)nn32)CC1)CCN1CCN(C(=O)c2cc(CC3CCC(=O)NC3=O)ccc2F)CC1. The van der Waals surface area contributed by atoms with Gasteiger partial charge in [-0.3, -0.25) is 34.2 Å². The van der Waals surface area contributed by atoms with Crippen LogP contribution in [0.3, 0.4) is 0 Å². The van der Waals surface area contributed by atoms with Crippen LogP contribution in [-0.4, -0.2) is 131 Å². The van der Waals surface area contributed by atoms with E-state index in [1.165, 1.54) is 6.07 Å². The van der Waals surface area contributed by atoms with Crippen molar-refractivity contribution in [2.75, 3.05) is 77.8 Å². The van der Waals surface area contributed by atoms with Crippen LogP contribution in [0.5, 0.6) is 11.5 Å². The largest absolute Gasteiger partial charge is 0.457 e. The minimum Gasteiger partial charge on any atom is -0.457 e. The number of rotatable bonds is 14. The number of piperazine rings is 1. The van der Waals surface area contributed by atoms with Gasteiger partial charge in [-0.05, 0) is 99.2 Å². The Kier molecular flexibility index (Phi) is 13.5. The predicted octanol–water partition coefficient (Wildman–Crippen LogP) is 4.55. The summed E-state index contributed by atoms with van der Waals surface area (Å²) in [6.07, 6.45) is 4.00. The Morgan fingerprint density at radius 2 is 1.60 bits per heavy atom. The van der Waals surface area contributed by atoms with E-state index in [1.54, 1.807) is 17.0 Å². The highest BCUT2D eigenvalue weighted by atomic mass is 19.1. The molecule has 1 unspecified atom stereocenters. The third-order valence-electron chi connectivity index (χ3n) is 13.0. The summed E-state index contributed by atoms with van der Waals surface area (Å²) in [7, 11) is 2.02. The van der Waals surface area contributed by atoms with E-state index in [1.807, 2.05) is 71.2 Å². The molecule has 63 heavy (non-hydrogen) atoms. The number of fused-ring (bicyclic) bond motifs is 1. The number of para-hydroxylation sites is 1. The number of ether oxygens (including phenoxy) is 1. The molecule has 3 fully saturated rings. The first-order chi connectivity index (χ1) is 30.5. The number of piperidine rings is 2. The molecule has 4 aliphatic heterocycles. The molecule has 16 heteroatoms. The molecule has 4 N–H and O–H groups in total. The van der Waals surface area contributed by atoms with E-state index in [-0.39, 0.29) is 53.5 Å². The van der Waals surface area contributed by atoms with Crippen molar-refractivity contribution in [2.24, 2.45) is 17.6 Å².